The molecule has 1 fully saturated rings. The van der Waals surface area contributed by atoms with E-state index >= 15 is 0 Å². The zero-order valence-corrected chi connectivity index (χ0v) is 17.5. The number of carbonyl (C=O) groups excluding carboxylic acids is 1. The molecular formula is C26H26O4. The van der Waals surface area contributed by atoms with Gasteiger partial charge in [0.05, 0.1) is 30.1 Å². The third kappa shape index (κ3) is 2.71. The summed E-state index contributed by atoms with van der Waals surface area (Å²) in [6, 6.07) is 14.2. The zero-order chi connectivity index (χ0) is 21.0. The minimum atomic E-state index is -0.942. The SMILES string of the molecule is Cc1cc(C)c(C2=C(OCc3ccccc3)[C@H]3[C@@H]4C=C[C@@](CO)(O4)[C@H]3C2=O)c(C)c1. The fourth-order valence-electron chi connectivity index (χ4n) is 5.50. The highest BCUT2D eigenvalue weighted by atomic mass is 16.5. The summed E-state index contributed by atoms with van der Waals surface area (Å²) >= 11 is 0. The molecule has 0 saturated carbocycles. The molecular weight excluding hydrogens is 376 g/mol. The maximum atomic E-state index is 13.8. The van der Waals surface area contributed by atoms with Crippen LogP contribution in [0.4, 0.5) is 0 Å². The molecule has 2 aromatic rings. The molecule has 2 bridgehead atoms. The molecule has 2 heterocycles. The van der Waals surface area contributed by atoms with Crippen molar-refractivity contribution < 1.29 is 19.4 Å². The molecule has 0 radical (unpaired) electrons. The van der Waals surface area contributed by atoms with Crippen molar-refractivity contribution in [2.45, 2.75) is 39.1 Å². The Morgan fingerprint density at radius 2 is 1.80 bits per heavy atom. The molecule has 3 aliphatic rings. The van der Waals surface area contributed by atoms with Crippen LogP contribution < -0.4 is 0 Å². The molecule has 2 aromatic carbocycles. The highest BCUT2D eigenvalue weighted by Crippen LogP contribution is 2.57. The summed E-state index contributed by atoms with van der Waals surface area (Å²) in [5, 5.41) is 10.1. The van der Waals surface area contributed by atoms with Crippen LogP contribution in [0.3, 0.4) is 0 Å². The van der Waals surface area contributed by atoms with Crippen molar-refractivity contribution in [1.82, 2.24) is 0 Å². The van der Waals surface area contributed by atoms with Gasteiger partial charge in [-0.25, -0.2) is 0 Å². The molecule has 0 aromatic heterocycles. The first-order valence-electron chi connectivity index (χ1n) is 10.5. The van der Waals surface area contributed by atoms with Gasteiger partial charge in [-0.2, -0.15) is 0 Å². The largest absolute Gasteiger partial charge is 0.492 e. The topological polar surface area (TPSA) is 55.8 Å². The van der Waals surface area contributed by atoms with Gasteiger partial charge in [-0.3, -0.25) is 4.79 Å². The highest BCUT2D eigenvalue weighted by Gasteiger charge is 2.65. The highest BCUT2D eigenvalue weighted by molar-refractivity contribution is 6.26. The number of aliphatic hydroxyl groups is 1. The predicted molar refractivity (Wildman–Crippen MR) is 115 cm³/mol. The van der Waals surface area contributed by atoms with Gasteiger partial charge in [0.25, 0.3) is 0 Å². The van der Waals surface area contributed by atoms with Gasteiger partial charge in [0.15, 0.2) is 5.78 Å². The molecule has 1 N–H and O–H groups in total. The van der Waals surface area contributed by atoms with E-state index in [1.165, 1.54) is 5.56 Å². The Bertz CT molecular complexity index is 1060. The molecule has 154 valence electrons. The lowest BCUT2D eigenvalue weighted by atomic mass is 9.76. The third-order valence-corrected chi connectivity index (χ3v) is 6.65. The fourth-order valence-corrected chi connectivity index (χ4v) is 5.50. The zero-order valence-electron chi connectivity index (χ0n) is 17.5. The number of carbonyl (C=O) groups is 1. The number of allylic oxidation sites excluding steroid dienone is 1. The van der Waals surface area contributed by atoms with E-state index < -0.39 is 11.5 Å². The van der Waals surface area contributed by atoms with Crippen molar-refractivity contribution in [1.29, 1.82) is 0 Å². The fraction of sp³-hybridized carbons (Fsp3) is 0.346. The van der Waals surface area contributed by atoms with Gasteiger partial charge >= 0.3 is 0 Å². The van der Waals surface area contributed by atoms with E-state index in [1.54, 1.807) is 0 Å². The second-order valence-electron chi connectivity index (χ2n) is 8.71. The first-order chi connectivity index (χ1) is 14.4. The van der Waals surface area contributed by atoms with Crippen LogP contribution >= 0.6 is 0 Å². The summed E-state index contributed by atoms with van der Waals surface area (Å²) in [7, 11) is 0. The lowest BCUT2D eigenvalue weighted by Crippen LogP contribution is -2.41. The van der Waals surface area contributed by atoms with Crippen LogP contribution in [-0.4, -0.2) is 29.2 Å². The lowest BCUT2D eigenvalue weighted by Gasteiger charge is -2.27. The Balaban J connectivity index is 1.64. The lowest BCUT2D eigenvalue weighted by molar-refractivity contribution is -0.122. The van der Waals surface area contributed by atoms with Gasteiger partial charge in [0.1, 0.15) is 18.0 Å². The van der Waals surface area contributed by atoms with E-state index in [1.807, 2.05) is 56.3 Å². The molecule has 30 heavy (non-hydrogen) atoms. The number of hydrogen-bond acceptors (Lipinski definition) is 4. The standard InChI is InChI=1S/C26H26O4/c1-15-11-16(2)20(17(3)12-15)22-24(28)23-21(19-9-10-26(23,14-27)30-19)25(22)29-13-18-7-5-4-6-8-18/h4-12,19,21,23,27H,13-14H2,1-3H3/t19-,21-,23+,26-/m0/s1. The monoisotopic (exact) mass is 402 g/mol. The molecule has 4 nitrogen and oxygen atoms in total. The summed E-state index contributed by atoms with van der Waals surface area (Å²) < 4.78 is 12.5. The first kappa shape index (κ1) is 19.3. The number of hydrogen-bond donors (Lipinski definition) is 1. The van der Waals surface area contributed by atoms with Gasteiger partial charge in [0, 0.05) is 0 Å². The van der Waals surface area contributed by atoms with Crippen molar-refractivity contribution in [3.63, 3.8) is 0 Å². The Kier molecular flexibility index (Phi) is 4.46. The summed E-state index contributed by atoms with van der Waals surface area (Å²) in [6.45, 7) is 6.34. The van der Waals surface area contributed by atoms with E-state index in [4.69, 9.17) is 9.47 Å². The first-order valence-corrected chi connectivity index (χ1v) is 10.5. The van der Waals surface area contributed by atoms with E-state index in [0.717, 1.165) is 22.3 Å². The Morgan fingerprint density at radius 3 is 2.47 bits per heavy atom. The number of ether oxygens (including phenoxy) is 2. The van der Waals surface area contributed by atoms with Crippen LogP contribution in [0.25, 0.3) is 5.57 Å². The van der Waals surface area contributed by atoms with Crippen LogP contribution in [0.2, 0.25) is 0 Å². The van der Waals surface area contributed by atoms with Gasteiger partial charge in [0.2, 0.25) is 0 Å². The maximum Gasteiger partial charge on any atom is 0.174 e. The minimum Gasteiger partial charge on any atom is -0.492 e. The Morgan fingerprint density at radius 1 is 1.10 bits per heavy atom. The molecule has 1 aliphatic carbocycles. The van der Waals surface area contributed by atoms with Crippen LogP contribution in [0, 0.1) is 32.6 Å². The number of fused-ring (bicyclic) bond motifs is 5. The average molecular weight is 402 g/mol. The summed E-state index contributed by atoms with van der Waals surface area (Å²) in [5.74, 6) is 0.0689. The van der Waals surface area contributed by atoms with Crippen molar-refractivity contribution in [2.75, 3.05) is 6.61 Å². The third-order valence-electron chi connectivity index (χ3n) is 6.65. The molecule has 0 unspecified atom stereocenters. The molecule has 1 saturated heterocycles. The van der Waals surface area contributed by atoms with Crippen LogP contribution in [0.15, 0.2) is 60.4 Å². The molecule has 2 aliphatic heterocycles. The predicted octanol–water partition coefficient (Wildman–Crippen LogP) is 4.05. The van der Waals surface area contributed by atoms with Crippen molar-refractivity contribution >= 4 is 11.4 Å². The number of benzene rings is 2. The smallest absolute Gasteiger partial charge is 0.174 e. The molecule has 5 rings (SSSR count). The molecule has 0 amide bonds. The molecule has 4 atom stereocenters. The minimum absolute atomic E-state index is 0.0130. The number of aryl methyl sites for hydroxylation is 3. The van der Waals surface area contributed by atoms with Gasteiger partial charge in [-0.15, -0.1) is 0 Å². The van der Waals surface area contributed by atoms with Crippen LogP contribution in [0.1, 0.15) is 27.8 Å². The molecule has 0 spiro atoms. The van der Waals surface area contributed by atoms with E-state index in [2.05, 4.69) is 19.1 Å². The number of ketones is 1. The second-order valence-corrected chi connectivity index (χ2v) is 8.71. The maximum absolute atomic E-state index is 13.8. The number of Topliss-reactive ketones (excluding diaryl/α,β-unsaturated/α-hetero) is 1. The van der Waals surface area contributed by atoms with Gasteiger partial charge in [-0.1, -0.05) is 60.2 Å². The van der Waals surface area contributed by atoms with Crippen molar-refractivity contribution in [2.24, 2.45) is 11.8 Å². The quantitative estimate of drug-likeness (QED) is 0.767. The van der Waals surface area contributed by atoms with Gasteiger partial charge < -0.3 is 14.6 Å². The van der Waals surface area contributed by atoms with Crippen LogP contribution in [-0.2, 0) is 20.9 Å². The molecule has 4 heteroatoms. The van der Waals surface area contributed by atoms with Crippen molar-refractivity contribution in [3.8, 4) is 0 Å². The Hall–Kier alpha value is -2.69. The van der Waals surface area contributed by atoms with Gasteiger partial charge in [-0.05, 0) is 43.0 Å². The summed E-state index contributed by atoms with van der Waals surface area (Å²) in [4.78, 5) is 13.8. The second kappa shape index (κ2) is 6.93. The van der Waals surface area contributed by atoms with Crippen molar-refractivity contribution in [3.05, 3.63) is 88.2 Å². The normalized spacial score (nSPS) is 29.1. The van der Waals surface area contributed by atoms with E-state index in [9.17, 15) is 9.90 Å². The summed E-state index contributed by atoms with van der Waals surface area (Å²) in [6.07, 6.45) is 3.58. The van der Waals surface area contributed by atoms with E-state index in [0.29, 0.717) is 17.9 Å². The van der Waals surface area contributed by atoms with E-state index in [-0.39, 0.29) is 24.4 Å². The summed E-state index contributed by atoms with van der Waals surface area (Å²) in [5.41, 5.74) is 5.02. The number of aliphatic hydroxyl groups excluding tert-OH is 1. The number of rotatable bonds is 5. The average Bonchev–Trinajstić information content (AvgIpc) is 3.37. The van der Waals surface area contributed by atoms with Crippen LogP contribution in [0.5, 0.6) is 0 Å². The Labute approximate surface area is 176 Å².